The standard InChI is InChI=1S/C17H15FO4/c1-2-21-16(19)13-9-7-12(8-10-13)11-22-17(20)14-5-3-4-6-15(14)18/h3-10H,2,11H2,1H3. The predicted octanol–water partition coefficient (Wildman–Crippen LogP) is 3.36. The van der Waals surface area contributed by atoms with Gasteiger partial charge in [-0.1, -0.05) is 24.3 Å². The molecule has 0 heterocycles. The number of hydrogen-bond acceptors (Lipinski definition) is 4. The van der Waals surface area contributed by atoms with Crippen LogP contribution in [0, 0.1) is 5.82 Å². The van der Waals surface area contributed by atoms with Crippen LogP contribution in [-0.4, -0.2) is 18.5 Å². The first-order chi connectivity index (χ1) is 10.6. The third-order valence-electron chi connectivity index (χ3n) is 2.93. The zero-order valence-electron chi connectivity index (χ0n) is 12.0. The smallest absolute Gasteiger partial charge is 0.341 e. The fourth-order valence-corrected chi connectivity index (χ4v) is 1.80. The van der Waals surface area contributed by atoms with Gasteiger partial charge in [-0.25, -0.2) is 14.0 Å². The molecule has 0 fully saturated rings. The summed E-state index contributed by atoms with van der Waals surface area (Å²) >= 11 is 0. The number of benzene rings is 2. The average molecular weight is 302 g/mol. The van der Waals surface area contributed by atoms with Gasteiger partial charge < -0.3 is 9.47 Å². The number of carbonyl (C=O) groups excluding carboxylic acids is 2. The molecule has 2 aromatic rings. The summed E-state index contributed by atoms with van der Waals surface area (Å²) in [6.45, 7) is 2.03. The summed E-state index contributed by atoms with van der Waals surface area (Å²) in [5.41, 5.74) is 1.01. The molecule has 0 aromatic heterocycles. The topological polar surface area (TPSA) is 52.6 Å². The fraction of sp³-hybridized carbons (Fsp3) is 0.176. The second-order valence-electron chi connectivity index (χ2n) is 4.47. The van der Waals surface area contributed by atoms with Gasteiger partial charge in [-0.05, 0) is 36.8 Å². The highest BCUT2D eigenvalue weighted by molar-refractivity contribution is 5.90. The summed E-state index contributed by atoms with van der Waals surface area (Å²) < 4.78 is 23.3. The average Bonchev–Trinajstić information content (AvgIpc) is 2.54. The third kappa shape index (κ3) is 3.91. The minimum absolute atomic E-state index is 0.00370. The highest BCUT2D eigenvalue weighted by Crippen LogP contribution is 2.11. The van der Waals surface area contributed by atoms with E-state index in [0.717, 1.165) is 0 Å². The Balaban J connectivity index is 1.96. The van der Waals surface area contributed by atoms with E-state index in [0.29, 0.717) is 17.7 Å². The molecule has 0 aliphatic heterocycles. The molecule has 0 radical (unpaired) electrons. The lowest BCUT2D eigenvalue weighted by Crippen LogP contribution is -2.08. The van der Waals surface area contributed by atoms with Crippen molar-refractivity contribution >= 4 is 11.9 Å². The highest BCUT2D eigenvalue weighted by Gasteiger charge is 2.12. The van der Waals surface area contributed by atoms with Crippen LogP contribution in [0.5, 0.6) is 0 Å². The highest BCUT2D eigenvalue weighted by atomic mass is 19.1. The summed E-state index contributed by atoms with van der Waals surface area (Å²) in [4.78, 5) is 23.3. The van der Waals surface area contributed by atoms with Crippen molar-refractivity contribution in [1.82, 2.24) is 0 Å². The number of rotatable bonds is 5. The van der Waals surface area contributed by atoms with Gasteiger partial charge in [0, 0.05) is 0 Å². The van der Waals surface area contributed by atoms with E-state index in [4.69, 9.17) is 9.47 Å². The maximum Gasteiger partial charge on any atom is 0.341 e. The van der Waals surface area contributed by atoms with Crippen molar-refractivity contribution in [2.75, 3.05) is 6.61 Å². The molecular formula is C17H15FO4. The van der Waals surface area contributed by atoms with Crippen molar-refractivity contribution < 1.29 is 23.5 Å². The lowest BCUT2D eigenvalue weighted by atomic mass is 10.1. The molecule has 4 nitrogen and oxygen atoms in total. The molecule has 0 bridgehead atoms. The molecule has 0 amide bonds. The third-order valence-corrected chi connectivity index (χ3v) is 2.93. The maximum absolute atomic E-state index is 13.4. The van der Waals surface area contributed by atoms with Crippen LogP contribution < -0.4 is 0 Å². The van der Waals surface area contributed by atoms with Crippen LogP contribution in [0.1, 0.15) is 33.2 Å². The van der Waals surface area contributed by atoms with Gasteiger partial charge in [0.15, 0.2) is 0 Å². The first-order valence-electron chi connectivity index (χ1n) is 6.79. The molecule has 2 aromatic carbocycles. The second kappa shape index (κ2) is 7.36. The minimum Gasteiger partial charge on any atom is -0.462 e. The molecule has 0 N–H and O–H groups in total. The van der Waals surface area contributed by atoms with Gasteiger partial charge in [-0.3, -0.25) is 0 Å². The van der Waals surface area contributed by atoms with Gasteiger partial charge in [0.05, 0.1) is 17.7 Å². The van der Waals surface area contributed by atoms with E-state index < -0.39 is 17.8 Å². The summed E-state index contributed by atoms with van der Waals surface area (Å²) in [6.07, 6.45) is 0. The quantitative estimate of drug-likeness (QED) is 0.795. The Morgan fingerprint density at radius 1 is 0.955 bits per heavy atom. The number of halogens is 1. The first kappa shape index (κ1) is 15.7. The lowest BCUT2D eigenvalue weighted by Gasteiger charge is -2.06. The van der Waals surface area contributed by atoms with E-state index in [9.17, 15) is 14.0 Å². The number of ether oxygens (including phenoxy) is 2. The lowest BCUT2D eigenvalue weighted by molar-refractivity contribution is 0.0464. The number of carbonyl (C=O) groups is 2. The largest absolute Gasteiger partial charge is 0.462 e. The van der Waals surface area contributed by atoms with E-state index >= 15 is 0 Å². The molecule has 0 aliphatic rings. The summed E-state index contributed by atoms with van der Waals surface area (Å²) in [7, 11) is 0. The monoisotopic (exact) mass is 302 g/mol. The Morgan fingerprint density at radius 2 is 1.64 bits per heavy atom. The van der Waals surface area contributed by atoms with Crippen molar-refractivity contribution in [1.29, 1.82) is 0 Å². The van der Waals surface area contributed by atoms with Crippen molar-refractivity contribution in [3.8, 4) is 0 Å². The van der Waals surface area contributed by atoms with E-state index in [1.807, 2.05) is 0 Å². The molecule has 22 heavy (non-hydrogen) atoms. The van der Waals surface area contributed by atoms with E-state index in [-0.39, 0.29) is 12.2 Å². The summed E-state index contributed by atoms with van der Waals surface area (Å²) in [5.74, 6) is -1.75. The van der Waals surface area contributed by atoms with Crippen molar-refractivity contribution in [2.45, 2.75) is 13.5 Å². The zero-order valence-corrected chi connectivity index (χ0v) is 12.0. The van der Waals surface area contributed by atoms with Crippen molar-refractivity contribution in [3.63, 3.8) is 0 Å². The molecule has 2 rings (SSSR count). The molecule has 5 heteroatoms. The van der Waals surface area contributed by atoms with Crippen LogP contribution in [0.3, 0.4) is 0 Å². The molecule has 0 saturated heterocycles. The predicted molar refractivity (Wildman–Crippen MR) is 77.9 cm³/mol. The fourth-order valence-electron chi connectivity index (χ4n) is 1.80. The number of esters is 2. The van der Waals surface area contributed by atoms with Crippen LogP contribution in [0.25, 0.3) is 0 Å². The van der Waals surface area contributed by atoms with Crippen molar-refractivity contribution in [3.05, 3.63) is 71.0 Å². The minimum atomic E-state index is -0.729. The second-order valence-corrected chi connectivity index (χ2v) is 4.47. The molecular weight excluding hydrogens is 287 g/mol. The van der Waals surface area contributed by atoms with Gasteiger partial charge in [-0.2, -0.15) is 0 Å². The Bertz CT molecular complexity index is 665. The SMILES string of the molecule is CCOC(=O)c1ccc(COC(=O)c2ccccc2F)cc1. The van der Waals surface area contributed by atoms with Crippen LogP contribution in [0.4, 0.5) is 4.39 Å². The van der Waals surface area contributed by atoms with Gasteiger partial charge in [0.2, 0.25) is 0 Å². The Hall–Kier alpha value is -2.69. The number of hydrogen-bond donors (Lipinski definition) is 0. The molecule has 0 atom stereocenters. The van der Waals surface area contributed by atoms with Crippen LogP contribution in [0.15, 0.2) is 48.5 Å². The molecule has 0 saturated carbocycles. The summed E-state index contributed by atoms with van der Waals surface area (Å²) in [6, 6.07) is 12.1. The van der Waals surface area contributed by atoms with Gasteiger partial charge in [0.25, 0.3) is 0 Å². The molecule has 0 unspecified atom stereocenters. The Kier molecular flexibility index (Phi) is 5.25. The Morgan fingerprint density at radius 3 is 2.27 bits per heavy atom. The molecule has 0 aliphatic carbocycles. The van der Waals surface area contributed by atoms with Crippen LogP contribution >= 0.6 is 0 Å². The normalized spacial score (nSPS) is 10.1. The Labute approximate surface area is 127 Å². The summed E-state index contributed by atoms with van der Waals surface area (Å²) in [5, 5.41) is 0. The van der Waals surface area contributed by atoms with Gasteiger partial charge in [0.1, 0.15) is 12.4 Å². The van der Waals surface area contributed by atoms with E-state index in [2.05, 4.69) is 0 Å². The van der Waals surface area contributed by atoms with Gasteiger partial charge in [-0.15, -0.1) is 0 Å². The van der Waals surface area contributed by atoms with E-state index in [1.54, 1.807) is 37.3 Å². The van der Waals surface area contributed by atoms with E-state index in [1.165, 1.54) is 18.2 Å². The molecule has 114 valence electrons. The maximum atomic E-state index is 13.4. The zero-order chi connectivity index (χ0) is 15.9. The van der Waals surface area contributed by atoms with Crippen LogP contribution in [-0.2, 0) is 16.1 Å². The van der Waals surface area contributed by atoms with Crippen LogP contribution in [0.2, 0.25) is 0 Å². The molecule has 0 spiro atoms. The van der Waals surface area contributed by atoms with Gasteiger partial charge >= 0.3 is 11.9 Å². The first-order valence-corrected chi connectivity index (χ1v) is 6.79. The van der Waals surface area contributed by atoms with Crippen molar-refractivity contribution in [2.24, 2.45) is 0 Å².